The number of hydrogen-bond donors (Lipinski definition) is 1. The molecule has 2 heterocycles. The summed E-state index contributed by atoms with van der Waals surface area (Å²) in [4.78, 5) is 27.3. The number of Topliss-reactive ketones (excluding diaryl/α,β-unsaturated/α-hetero) is 1. The zero-order valence-electron chi connectivity index (χ0n) is 17.7. The Kier molecular flexibility index (Phi) is 5.76. The summed E-state index contributed by atoms with van der Waals surface area (Å²) in [7, 11) is 0. The summed E-state index contributed by atoms with van der Waals surface area (Å²) in [6.45, 7) is 5.53. The molecule has 8 heteroatoms. The van der Waals surface area contributed by atoms with Crippen molar-refractivity contribution in [3.63, 3.8) is 0 Å². The van der Waals surface area contributed by atoms with Gasteiger partial charge in [0.1, 0.15) is 17.3 Å². The number of ether oxygens (including phenoxy) is 1. The van der Waals surface area contributed by atoms with E-state index in [0.29, 0.717) is 27.7 Å². The molecule has 2 aromatic carbocycles. The van der Waals surface area contributed by atoms with Gasteiger partial charge in [0.25, 0.3) is 5.78 Å². The quantitative estimate of drug-likeness (QED) is 0.331. The highest BCUT2D eigenvalue weighted by atomic mass is 35.5. The van der Waals surface area contributed by atoms with Gasteiger partial charge in [-0.15, -0.1) is 0 Å². The number of aryl methyl sites for hydroxylation is 1. The minimum Gasteiger partial charge on any atom is -0.507 e. The van der Waals surface area contributed by atoms with E-state index in [4.69, 9.17) is 20.9 Å². The maximum Gasteiger partial charge on any atom is 0.301 e. The van der Waals surface area contributed by atoms with Gasteiger partial charge in [0.05, 0.1) is 17.7 Å². The molecule has 7 nitrogen and oxygen atoms in total. The molecular weight excluding hydrogens is 432 g/mol. The highest BCUT2D eigenvalue weighted by Crippen LogP contribution is 2.42. The number of halogens is 1. The Bertz CT molecular complexity index is 1200. The number of carbonyl (C=O) groups is 2. The Hall–Kier alpha value is -3.58. The van der Waals surface area contributed by atoms with E-state index in [1.165, 1.54) is 4.90 Å². The average Bonchev–Trinajstić information content (AvgIpc) is 3.29. The first-order valence-electron chi connectivity index (χ1n) is 10.0. The van der Waals surface area contributed by atoms with Crippen LogP contribution >= 0.6 is 11.6 Å². The Balaban J connectivity index is 1.87. The number of rotatable bonds is 5. The minimum absolute atomic E-state index is 0.00510. The second-order valence-corrected chi connectivity index (χ2v) is 8.14. The number of hydrogen-bond acceptors (Lipinski definition) is 6. The van der Waals surface area contributed by atoms with E-state index in [1.54, 1.807) is 61.5 Å². The number of aliphatic hydroxyl groups is 1. The first kappa shape index (κ1) is 21.6. The van der Waals surface area contributed by atoms with Crippen LogP contribution in [0.25, 0.3) is 5.76 Å². The predicted octanol–water partition coefficient (Wildman–Crippen LogP) is 5.05. The van der Waals surface area contributed by atoms with Crippen LogP contribution in [0, 0.1) is 6.92 Å². The lowest BCUT2D eigenvalue weighted by atomic mass is 9.95. The van der Waals surface area contributed by atoms with Crippen molar-refractivity contribution in [3.05, 3.63) is 82.1 Å². The fraction of sp³-hybridized carbons (Fsp3) is 0.208. The number of aliphatic hydroxyl groups excluding tert-OH is 1. The molecule has 4 rings (SSSR count). The lowest BCUT2D eigenvalue weighted by Gasteiger charge is -2.23. The van der Waals surface area contributed by atoms with Crippen LogP contribution < -0.4 is 9.64 Å². The summed E-state index contributed by atoms with van der Waals surface area (Å²) >= 11 is 5.95. The molecule has 1 N–H and O–H groups in total. The summed E-state index contributed by atoms with van der Waals surface area (Å²) in [5.74, 6) is -0.593. The Labute approximate surface area is 189 Å². The van der Waals surface area contributed by atoms with Crippen molar-refractivity contribution in [2.75, 3.05) is 4.90 Å². The van der Waals surface area contributed by atoms with Gasteiger partial charge < -0.3 is 14.4 Å². The van der Waals surface area contributed by atoms with Gasteiger partial charge in [-0.3, -0.25) is 14.5 Å². The van der Waals surface area contributed by atoms with Gasteiger partial charge in [0.2, 0.25) is 0 Å². The van der Waals surface area contributed by atoms with E-state index in [1.807, 2.05) is 13.8 Å². The molecule has 1 saturated heterocycles. The number of anilines is 1. The smallest absolute Gasteiger partial charge is 0.301 e. The molecule has 1 aliphatic rings. The van der Waals surface area contributed by atoms with Crippen molar-refractivity contribution < 1.29 is 24.0 Å². The molecule has 1 amide bonds. The van der Waals surface area contributed by atoms with E-state index >= 15 is 0 Å². The van der Waals surface area contributed by atoms with Gasteiger partial charge in [-0.05, 0) is 62.7 Å². The molecule has 1 aromatic heterocycles. The zero-order chi connectivity index (χ0) is 23.0. The first-order valence-corrected chi connectivity index (χ1v) is 10.4. The molecule has 0 radical (unpaired) electrons. The van der Waals surface area contributed by atoms with Crippen molar-refractivity contribution in [1.29, 1.82) is 0 Å². The third-order valence-corrected chi connectivity index (χ3v) is 5.24. The molecule has 0 bridgehead atoms. The standard InChI is InChI=1S/C24H21ClN2O5/c1-13(2)31-18-10-6-15(7-11-18)21-20(22(28)16-4-8-17(25)9-5-16)23(29)24(30)27(21)19-12-14(3)32-26-19/h4-13,21,28H,1-3H3/b22-20+/t21-/m0/s1. The summed E-state index contributed by atoms with van der Waals surface area (Å²) in [6, 6.07) is 14.1. The van der Waals surface area contributed by atoms with Crippen LogP contribution in [0.2, 0.25) is 5.02 Å². The second kappa shape index (κ2) is 8.51. The Morgan fingerprint density at radius 1 is 1.12 bits per heavy atom. The Morgan fingerprint density at radius 2 is 1.78 bits per heavy atom. The molecule has 0 unspecified atom stereocenters. The topological polar surface area (TPSA) is 92.9 Å². The van der Waals surface area contributed by atoms with Gasteiger partial charge >= 0.3 is 5.91 Å². The summed E-state index contributed by atoms with van der Waals surface area (Å²) in [5.41, 5.74) is 0.931. The van der Waals surface area contributed by atoms with Crippen molar-refractivity contribution in [3.8, 4) is 5.75 Å². The van der Waals surface area contributed by atoms with Gasteiger partial charge in [-0.1, -0.05) is 28.9 Å². The van der Waals surface area contributed by atoms with Crippen LogP contribution in [-0.2, 0) is 9.59 Å². The van der Waals surface area contributed by atoms with Gasteiger partial charge in [-0.2, -0.15) is 0 Å². The Morgan fingerprint density at radius 3 is 2.34 bits per heavy atom. The number of amides is 1. The summed E-state index contributed by atoms with van der Waals surface area (Å²) in [6.07, 6.45) is -0.00510. The molecule has 1 atom stereocenters. The van der Waals surface area contributed by atoms with Crippen molar-refractivity contribution in [2.24, 2.45) is 0 Å². The number of aromatic nitrogens is 1. The molecule has 0 spiro atoms. The van der Waals surface area contributed by atoms with Crippen LogP contribution in [0.4, 0.5) is 5.82 Å². The number of nitrogens with zero attached hydrogens (tertiary/aromatic N) is 2. The molecule has 3 aromatic rings. The SMILES string of the molecule is Cc1cc(N2C(=O)C(=O)/C(=C(/O)c3ccc(Cl)cc3)[C@@H]2c2ccc(OC(C)C)cc2)no1. The minimum atomic E-state index is -0.900. The highest BCUT2D eigenvalue weighted by molar-refractivity contribution is 6.51. The van der Waals surface area contributed by atoms with Crippen molar-refractivity contribution >= 4 is 34.9 Å². The largest absolute Gasteiger partial charge is 0.507 e. The maximum atomic E-state index is 13.1. The lowest BCUT2D eigenvalue weighted by molar-refractivity contribution is -0.132. The normalized spacial score (nSPS) is 17.9. The summed E-state index contributed by atoms with van der Waals surface area (Å²) < 4.78 is 10.8. The van der Waals surface area contributed by atoms with E-state index in [9.17, 15) is 14.7 Å². The molecule has 164 valence electrons. The average molecular weight is 453 g/mol. The fourth-order valence-corrected chi connectivity index (χ4v) is 3.74. The van der Waals surface area contributed by atoms with Gasteiger partial charge in [-0.25, -0.2) is 0 Å². The summed E-state index contributed by atoms with van der Waals surface area (Å²) in [5, 5.41) is 15.5. The van der Waals surface area contributed by atoms with E-state index in [0.717, 1.165) is 0 Å². The number of benzene rings is 2. The van der Waals surface area contributed by atoms with Crippen LogP contribution in [0.1, 0.15) is 36.8 Å². The van der Waals surface area contributed by atoms with Crippen molar-refractivity contribution in [2.45, 2.75) is 32.9 Å². The predicted molar refractivity (Wildman–Crippen MR) is 120 cm³/mol. The number of carbonyl (C=O) groups excluding carboxylic acids is 2. The zero-order valence-corrected chi connectivity index (χ0v) is 18.5. The highest BCUT2D eigenvalue weighted by Gasteiger charge is 2.48. The van der Waals surface area contributed by atoms with Crippen LogP contribution in [-0.4, -0.2) is 28.1 Å². The number of ketones is 1. The van der Waals surface area contributed by atoms with Gasteiger partial charge in [0.15, 0.2) is 5.82 Å². The second-order valence-electron chi connectivity index (χ2n) is 7.71. The lowest BCUT2D eigenvalue weighted by Crippen LogP contribution is -2.29. The third kappa shape index (κ3) is 3.99. The van der Waals surface area contributed by atoms with Crippen molar-refractivity contribution in [1.82, 2.24) is 5.16 Å². The molecule has 32 heavy (non-hydrogen) atoms. The van der Waals surface area contributed by atoms with Crippen LogP contribution in [0.5, 0.6) is 5.75 Å². The van der Waals surface area contributed by atoms with E-state index in [2.05, 4.69) is 5.16 Å². The third-order valence-electron chi connectivity index (χ3n) is 4.99. The maximum absolute atomic E-state index is 13.1. The van der Waals surface area contributed by atoms with Crippen LogP contribution in [0.15, 0.2) is 64.7 Å². The fourth-order valence-electron chi connectivity index (χ4n) is 3.62. The monoisotopic (exact) mass is 452 g/mol. The van der Waals surface area contributed by atoms with Crippen LogP contribution in [0.3, 0.4) is 0 Å². The van der Waals surface area contributed by atoms with E-state index < -0.39 is 17.7 Å². The van der Waals surface area contributed by atoms with E-state index in [-0.39, 0.29) is 23.3 Å². The molecule has 1 fully saturated rings. The molecule has 0 aliphatic carbocycles. The first-order chi connectivity index (χ1) is 15.3. The molecule has 0 saturated carbocycles. The molecular formula is C24H21ClN2O5. The molecule has 1 aliphatic heterocycles. The van der Waals surface area contributed by atoms with Gasteiger partial charge in [0, 0.05) is 16.7 Å².